The number of rotatable bonds is 4. The summed E-state index contributed by atoms with van der Waals surface area (Å²) in [7, 11) is 2.95. The lowest BCUT2D eigenvalue weighted by molar-refractivity contribution is -0.135. The maximum absolute atomic E-state index is 12.2. The van der Waals surface area contributed by atoms with E-state index < -0.39 is 18.6 Å². The van der Waals surface area contributed by atoms with Crippen molar-refractivity contribution in [3.63, 3.8) is 0 Å². The van der Waals surface area contributed by atoms with Crippen molar-refractivity contribution >= 4 is 11.8 Å². The van der Waals surface area contributed by atoms with Crippen LogP contribution in [0, 0.1) is 5.92 Å². The standard InChI is InChI=1S/C13H21F3N2O2/c1-8(2)10-12(20-4)17-9(11(18-10)19-3)6-5-7-13(14,15)16/h8-10H,5-7H2,1-4H3/t9-,10+/m0/s1. The van der Waals surface area contributed by atoms with Crippen LogP contribution in [0.25, 0.3) is 0 Å². The van der Waals surface area contributed by atoms with Crippen molar-refractivity contribution in [3.05, 3.63) is 0 Å². The highest BCUT2D eigenvalue weighted by Crippen LogP contribution is 2.25. The van der Waals surface area contributed by atoms with Crippen LogP contribution in [0.1, 0.15) is 33.1 Å². The van der Waals surface area contributed by atoms with Gasteiger partial charge in [0.1, 0.15) is 12.1 Å². The first-order valence-electron chi connectivity index (χ1n) is 6.58. The molecule has 0 saturated carbocycles. The van der Waals surface area contributed by atoms with Crippen molar-refractivity contribution in [3.8, 4) is 0 Å². The third-order valence-corrected chi connectivity index (χ3v) is 3.08. The number of halogens is 3. The number of hydrogen-bond donors (Lipinski definition) is 0. The van der Waals surface area contributed by atoms with Gasteiger partial charge in [0.15, 0.2) is 0 Å². The van der Waals surface area contributed by atoms with E-state index in [0.29, 0.717) is 11.8 Å². The van der Waals surface area contributed by atoms with Gasteiger partial charge < -0.3 is 9.47 Å². The molecule has 0 spiro atoms. The predicted molar refractivity (Wildman–Crippen MR) is 71.2 cm³/mol. The van der Waals surface area contributed by atoms with E-state index in [4.69, 9.17) is 9.47 Å². The summed E-state index contributed by atoms with van der Waals surface area (Å²) in [6, 6.07) is -0.735. The molecule has 0 aliphatic carbocycles. The molecule has 4 nitrogen and oxygen atoms in total. The Hall–Kier alpha value is -1.27. The van der Waals surface area contributed by atoms with Crippen molar-refractivity contribution in [1.82, 2.24) is 0 Å². The van der Waals surface area contributed by atoms with Gasteiger partial charge >= 0.3 is 6.18 Å². The van der Waals surface area contributed by atoms with E-state index in [1.807, 2.05) is 13.8 Å². The zero-order valence-electron chi connectivity index (χ0n) is 12.2. The molecule has 0 fully saturated rings. The molecular formula is C13H21F3N2O2. The summed E-state index contributed by atoms with van der Waals surface area (Å²) in [5, 5.41) is 0. The highest BCUT2D eigenvalue weighted by Gasteiger charge is 2.32. The molecule has 20 heavy (non-hydrogen) atoms. The predicted octanol–water partition coefficient (Wildman–Crippen LogP) is 3.22. The van der Waals surface area contributed by atoms with Gasteiger partial charge in [0.05, 0.1) is 14.2 Å². The number of nitrogens with zero attached hydrogens (tertiary/aromatic N) is 2. The van der Waals surface area contributed by atoms with E-state index in [-0.39, 0.29) is 24.8 Å². The summed E-state index contributed by atoms with van der Waals surface area (Å²) < 4.78 is 46.9. The van der Waals surface area contributed by atoms with Crippen molar-refractivity contribution in [2.24, 2.45) is 15.9 Å². The molecule has 0 amide bonds. The van der Waals surface area contributed by atoms with E-state index in [9.17, 15) is 13.2 Å². The number of ether oxygens (including phenoxy) is 2. The maximum Gasteiger partial charge on any atom is 0.389 e. The fourth-order valence-corrected chi connectivity index (χ4v) is 2.04. The third kappa shape index (κ3) is 4.68. The quantitative estimate of drug-likeness (QED) is 0.799. The molecule has 0 unspecified atom stereocenters. The highest BCUT2D eigenvalue weighted by molar-refractivity contribution is 5.94. The summed E-state index contributed by atoms with van der Waals surface area (Å²) >= 11 is 0. The molecule has 1 heterocycles. The maximum atomic E-state index is 12.2. The van der Waals surface area contributed by atoms with Gasteiger partial charge in [-0.3, -0.25) is 0 Å². The molecule has 2 atom stereocenters. The van der Waals surface area contributed by atoms with E-state index >= 15 is 0 Å². The summed E-state index contributed by atoms with van der Waals surface area (Å²) in [5.41, 5.74) is 0. The third-order valence-electron chi connectivity index (χ3n) is 3.08. The first-order chi connectivity index (χ1) is 9.28. The van der Waals surface area contributed by atoms with Gasteiger partial charge in [-0.1, -0.05) is 13.8 Å². The molecular weight excluding hydrogens is 273 g/mol. The Morgan fingerprint density at radius 2 is 1.70 bits per heavy atom. The molecule has 0 radical (unpaired) electrons. The van der Waals surface area contributed by atoms with Crippen LogP contribution < -0.4 is 0 Å². The van der Waals surface area contributed by atoms with Crippen LogP contribution in [-0.2, 0) is 9.47 Å². The number of aliphatic imine (C=N–C) groups is 2. The van der Waals surface area contributed by atoms with Crippen LogP contribution in [0.2, 0.25) is 0 Å². The molecule has 116 valence electrons. The normalized spacial score (nSPS) is 23.4. The second-order valence-corrected chi connectivity index (χ2v) is 5.05. The summed E-state index contributed by atoms with van der Waals surface area (Å²) in [6.45, 7) is 3.94. The minimum Gasteiger partial charge on any atom is -0.483 e. The second-order valence-electron chi connectivity index (χ2n) is 5.05. The lowest BCUT2D eigenvalue weighted by Crippen LogP contribution is -2.37. The largest absolute Gasteiger partial charge is 0.483 e. The van der Waals surface area contributed by atoms with E-state index in [2.05, 4.69) is 9.98 Å². The molecule has 0 bridgehead atoms. The van der Waals surface area contributed by atoms with Crippen molar-refractivity contribution in [2.75, 3.05) is 14.2 Å². The molecule has 1 aliphatic rings. The molecule has 7 heteroatoms. The average molecular weight is 294 g/mol. The Morgan fingerprint density at radius 3 is 2.15 bits per heavy atom. The van der Waals surface area contributed by atoms with Crippen LogP contribution in [0.3, 0.4) is 0 Å². The Kier molecular flexibility index (Phi) is 5.83. The smallest absolute Gasteiger partial charge is 0.389 e. The zero-order valence-corrected chi connectivity index (χ0v) is 12.2. The number of hydrogen-bond acceptors (Lipinski definition) is 4. The topological polar surface area (TPSA) is 43.2 Å². The van der Waals surface area contributed by atoms with Gasteiger partial charge in [-0.25, -0.2) is 9.98 Å². The lowest BCUT2D eigenvalue weighted by Gasteiger charge is -2.27. The Bertz CT molecular complexity index is 378. The van der Waals surface area contributed by atoms with Gasteiger partial charge in [0, 0.05) is 6.42 Å². The monoisotopic (exact) mass is 294 g/mol. The molecule has 0 saturated heterocycles. The Balaban J connectivity index is 2.74. The minimum atomic E-state index is -4.15. The Labute approximate surface area is 117 Å². The van der Waals surface area contributed by atoms with Crippen molar-refractivity contribution in [2.45, 2.75) is 51.4 Å². The molecule has 0 aromatic carbocycles. The first kappa shape index (κ1) is 16.8. The first-order valence-corrected chi connectivity index (χ1v) is 6.58. The number of methoxy groups -OCH3 is 2. The van der Waals surface area contributed by atoms with Crippen LogP contribution in [0.5, 0.6) is 0 Å². The molecule has 0 aromatic rings. The molecule has 1 rings (SSSR count). The van der Waals surface area contributed by atoms with Crippen molar-refractivity contribution < 1.29 is 22.6 Å². The summed E-state index contributed by atoms with van der Waals surface area (Å²) in [5.74, 6) is 1.01. The zero-order chi connectivity index (χ0) is 15.3. The number of alkyl halides is 3. The van der Waals surface area contributed by atoms with E-state index in [1.54, 1.807) is 0 Å². The fourth-order valence-electron chi connectivity index (χ4n) is 2.04. The van der Waals surface area contributed by atoms with Crippen LogP contribution in [-0.4, -0.2) is 44.3 Å². The highest BCUT2D eigenvalue weighted by atomic mass is 19.4. The van der Waals surface area contributed by atoms with Crippen molar-refractivity contribution in [1.29, 1.82) is 0 Å². The summed E-state index contributed by atoms with van der Waals surface area (Å²) in [4.78, 5) is 8.75. The second kappa shape index (κ2) is 6.95. The average Bonchev–Trinajstić information content (AvgIpc) is 2.36. The molecule has 1 aliphatic heterocycles. The minimum absolute atomic E-state index is 0.0105. The Morgan fingerprint density at radius 1 is 1.10 bits per heavy atom. The van der Waals surface area contributed by atoms with Gasteiger partial charge in [0.25, 0.3) is 0 Å². The molecule has 0 N–H and O–H groups in total. The summed E-state index contributed by atoms with van der Waals surface area (Å²) in [6.07, 6.45) is -4.74. The SMILES string of the molecule is COC1=N[C@H](C(C)C)C(OC)=N[C@H]1CCCC(F)(F)F. The van der Waals surface area contributed by atoms with Gasteiger partial charge in [-0.15, -0.1) is 0 Å². The van der Waals surface area contributed by atoms with E-state index in [0.717, 1.165) is 0 Å². The fraction of sp³-hybridized carbons (Fsp3) is 0.846. The van der Waals surface area contributed by atoms with Gasteiger partial charge in [0.2, 0.25) is 11.8 Å². The van der Waals surface area contributed by atoms with Crippen LogP contribution in [0.4, 0.5) is 13.2 Å². The molecule has 0 aromatic heterocycles. The van der Waals surface area contributed by atoms with Crippen LogP contribution >= 0.6 is 0 Å². The lowest BCUT2D eigenvalue weighted by atomic mass is 10.0. The van der Waals surface area contributed by atoms with E-state index in [1.165, 1.54) is 14.2 Å². The van der Waals surface area contributed by atoms with Gasteiger partial charge in [-0.2, -0.15) is 13.2 Å². The van der Waals surface area contributed by atoms with Gasteiger partial charge in [-0.05, 0) is 18.8 Å². The van der Waals surface area contributed by atoms with Crippen LogP contribution in [0.15, 0.2) is 9.98 Å².